The minimum Gasteiger partial charge on any atom is -0.508 e. The zero-order valence-corrected chi connectivity index (χ0v) is 60.2. The molecule has 566 valence electrons. The molecule has 3 heterocycles. The number of hydrogen-bond donors (Lipinski definition) is 16. The molecule has 0 spiro atoms. The van der Waals surface area contributed by atoms with Crippen LogP contribution in [0.5, 0.6) is 5.75 Å². The highest BCUT2D eigenvalue weighted by atomic mass is 16.4. The van der Waals surface area contributed by atoms with Crippen LogP contribution in [-0.4, -0.2) is 211 Å². The largest absolute Gasteiger partial charge is 0.508 e. The number of hydrogen-bond acceptors (Lipinski definition) is 18. The van der Waals surface area contributed by atoms with E-state index in [1.54, 1.807) is 41.5 Å². The lowest BCUT2D eigenvalue weighted by molar-refractivity contribution is -0.144. The number of carboxylic acids is 1. The average molecular weight is 1430 g/mol. The number of nitrogens with zero attached hydrogens (tertiary/aromatic N) is 3. The Balaban J connectivity index is 1.53. The number of likely N-dealkylation sites (tertiary alicyclic amines) is 2. The van der Waals surface area contributed by atoms with Gasteiger partial charge in [-0.1, -0.05) is 81.4 Å². The normalized spacial score (nSPS) is 17.3. The number of carbonyl (C=O) groups is 15. The fourth-order valence-corrected chi connectivity index (χ4v) is 11.8. The van der Waals surface area contributed by atoms with Gasteiger partial charge in [0, 0.05) is 45.0 Å². The maximum atomic E-state index is 14.6. The van der Waals surface area contributed by atoms with Gasteiger partial charge in [0.15, 0.2) is 0 Å². The molecule has 4 rings (SSSR count). The Morgan fingerprint density at radius 3 is 1.49 bits per heavy atom. The first-order valence-electron chi connectivity index (χ1n) is 34.8. The molecule has 0 aliphatic carbocycles. The topological polar surface area (TPSA) is 530 Å². The molecule has 0 bridgehead atoms. The van der Waals surface area contributed by atoms with Crippen molar-refractivity contribution in [1.82, 2.24) is 72.9 Å². The highest BCUT2D eigenvalue weighted by Crippen LogP contribution is 2.24. The van der Waals surface area contributed by atoms with Crippen molar-refractivity contribution in [3.63, 3.8) is 0 Å². The summed E-state index contributed by atoms with van der Waals surface area (Å²) in [5.74, 6) is -14.1. The maximum Gasteiger partial charge on any atom is 0.325 e. The van der Waals surface area contributed by atoms with Crippen molar-refractivity contribution in [3.8, 4) is 5.75 Å². The van der Waals surface area contributed by atoms with Gasteiger partial charge in [-0.25, -0.2) is 4.98 Å². The number of imidazole rings is 1. The summed E-state index contributed by atoms with van der Waals surface area (Å²) >= 11 is 0. The summed E-state index contributed by atoms with van der Waals surface area (Å²) in [7, 11) is 0. The SMILES string of the molecule is CC(C)C[C@H](NC(=O)[C@H](CCC(N)=O)NC(=O)[C@H](Cc1c[nH]cn1)NC(=O)[C@@H]1CCCN1C(=O)[C@H](CC(C)C)NC(=O)[C@@H](N)CC(C)C)C(=O)N[C@@H](Cc1ccc(O)cc1)C(=O)NCC(=O)N[C@H](C(=O)N[C@H](C(=O)N1CCC[C@H]1C(=O)N[C@@H](CCC(N)=O)C(=O)N[C@@H](C)C(=O)O)C(C)C)C(C)C. The van der Waals surface area contributed by atoms with Crippen LogP contribution in [0.4, 0.5) is 0 Å². The van der Waals surface area contributed by atoms with Gasteiger partial charge in [0.2, 0.25) is 82.7 Å². The van der Waals surface area contributed by atoms with Gasteiger partial charge in [-0.2, -0.15) is 0 Å². The molecular formula is C68H107N17O17. The van der Waals surface area contributed by atoms with Crippen molar-refractivity contribution in [2.24, 2.45) is 46.8 Å². The fraction of sp³-hybridized carbons (Fsp3) is 0.647. The summed E-state index contributed by atoms with van der Waals surface area (Å²) in [5.41, 5.74) is 17.8. The lowest BCUT2D eigenvalue weighted by Crippen LogP contribution is -2.61. The number of nitrogens with two attached hydrogens (primary N) is 3. The van der Waals surface area contributed by atoms with Crippen LogP contribution in [0, 0.1) is 29.6 Å². The average Bonchev–Trinajstić information content (AvgIpc) is 1.65. The van der Waals surface area contributed by atoms with E-state index in [0.717, 1.165) is 0 Å². The number of H-pyrrole nitrogens is 1. The van der Waals surface area contributed by atoms with Crippen molar-refractivity contribution in [1.29, 1.82) is 0 Å². The molecule has 0 unspecified atom stereocenters. The molecule has 102 heavy (non-hydrogen) atoms. The Hall–Kier alpha value is -9.76. The van der Waals surface area contributed by atoms with E-state index in [2.05, 4.69) is 63.1 Å². The molecule has 14 amide bonds. The number of phenols is 1. The number of aromatic hydroxyl groups is 1. The van der Waals surface area contributed by atoms with Crippen LogP contribution in [0.15, 0.2) is 36.8 Å². The fourth-order valence-electron chi connectivity index (χ4n) is 11.8. The molecule has 34 heteroatoms. The molecular weight excluding hydrogens is 1330 g/mol. The molecule has 2 aliphatic heterocycles. The molecule has 2 saturated heterocycles. The van der Waals surface area contributed by atoms with Gasteiger partial charge in [-0.05, 0) is 112 Å². The van der Waals surface area contributed by atoms with E-state index >= 15 is 0 Å². The lowest BCUT2D eigenvalue weighted by Gasteiger charge is -2.32. The van der Waals surface area contributed by atoms with Crippen molar-refractivity contribution in [2.75, 3.05) is 19.6 Å². The predicted octanol–water partition coefficient (Wildman–Crippen LogP) is -2.23. The quantitative estimate of drug-likeness (QED) is 0.0335. The Kier molecular flexibility index (Phi) is 33.7. The first-order chi connectivity index (χ1) is 47.9. The summed E-state index contributed by atoms with van der Waals surface area (Å²) in [4.78, 5) is 214. The number of benzene rings is 1. The molecule has 0 saturated carbocycles. The summed E-state index contributed by atoms with van der Waals surface area (Å²) in [6.07, 6.45) is 2.58. The summed E-state index contributed by atoms with van der Waals surface area (Å²) in [5, 5.41) is 45.4. The number of rotatable bonds is 41. The zero-order chi connectivity index (χ0) is 76.4. The minimum absolute atomic E-state index is 0.0504. The van der Waals surface area contributed by atoms with E-state index in [9.17, 15) is 82.1 Å². The molecule has 2 fully saturated rings. The van der Waals surface area contributed by atoms with Crippen LogP contribution >= 0.6 is 0 Å². The molecule has 1 aromatic carbocycles. The highest BCUT2D eigenvalue weighted by molar-refractivity contribution is 6.00. The Morgan fingerprint density at radius 1 is 0.520 bits per heavy atom. The monoisotopic (exact) mass is 1430 g/mol. The van der Waals surface area contributed by atoms with Gasteiger partial charge >= 0.3 is 5.97 Å². The molecule has 12 atom stereocenters. The molecule has 2 aromatic rings. The third-order valence-corrected chi connectivity index (χ3v) is 17.3. The van der Waals surface area contributed by atoms with Gasteiger partial charge in [-0.15, -0.1) is 0 Å². The van der Waals surface area contributed by atoms with E-state index in [1.807, 2.05) is 27.7 Å². The number of aliphatic carboxylic acids is 1. The first-order valence-corrected chi connectivity index (χ1v) is 34.8. The van der Waals surface area contributed by atoms with Gasteiger partial charge in [0.25, 0.3) is 0 Å². The maximum absolute atomic E-state index is 14.6. The third-order valence-electron chi connectivity index (χ3n) is 17.3. The molecule has 0 radical (unpaired) electrons. The van der Waals surface area contributed by atoms with E-state index in [4.69, 9.17) is 17.2 Å². The smallest absolute Gasteiger partial charge is 0.325 e. The van der Waals surface area contributed by atoms with Crippen LogP contribution in [-0.2, 0) is 84.8 Å². The summed E-state index contributed by atoms with van der Waals surface area (Å²) in [6, 6.07) is -9.78. The van der Waals surface area contributed by atoms with E-state index < -0.39 is 192 Å². The molecule has 2 aliphatic rings. The van der Waals surface area contributed by atoms with E-state index in [1.165, 1.54) is 53.5 Å². The van der Waals surface area contributed by atoms with Gasteiger partial charge in [0.1, 0.15) is 72.2 Å². The number of amides is 14. The number of aromatic nitrogens is 2. The molecule has 1 aromatic heterocycles. The summed E-state index contributed by atoms with van der Waals surface area (Å²) in [6.45, 7) is 18.2. The zero-order valence-electron chi connectivity index (χ0n) is 60.2. The number of nitrogens with one attached hydrogen (secondary N) is 11. The van der Waals surface area contributed by atoms with Crippen molar-refractivity contribution < 1.29 is 82.1 Å². The third kappa shape index (κ3) is 27.3. The number of primary amides is 2. The predicted molar refractivity (Wildman–Crippen MR) is 370 cm³/mol. The first kappa shape index (κ1) is 84.7. The Bertz CT molecular complexity index is 3250. The van der Waals surface area contributed by atoms with E-state index in [-0.39, 0.29) is 88.0 Å². The van der Waals surface area contributed by atoms with Gasteiger partial charge in [0.05, 0.1) is 24.6 Å². The second kappa shape index (κ2) is 40.6. The van der Waals surface area contributed by atoms with Crippen LogP contribution < -0.4 is 70.4 Å². The Labute approximate surface area is 593 Å². The number of carboxylic acid groups (broad SMARTS) is 1. The second-order valence-electron chi connectivity index (χ2n) is 28.2. The molecule has 34 nitrogen and oxygen atoms in total. The lowest BCUT2D eigenvalue weighted by atomic mass is 9.98. The number of aromatic amines is 1. The van der Waals surface area contributed by atoms with Gasteiger partial charge in [-0.3, -0.25) is 71.9 Å². The van der Waals surface area contributed by atoms with Crippen molar-refractivity contribution in [2.45, 2.75) is 232 Å². The standard InChI is InChI=1S/C68H107N17O17/c1-34(2)26-43(69)57(90)81-49(28-36(5)6)66(99)84-24-12-14-50(84)64(97)80-48(30-41-31-72-33-74-41)62(95)76-45(21-23-53(71)88)60(93)78-46(27-35(3)4)61(94)79-47(29-40-16-18-42(86)19-17-40)58(91)73-32-54(89)82-55(37(7)8)65(98)83-56(38(9)10)67(100)85-25-13-15-51(85)63(96)77-44(20-22-52(70)87)59(92)75-39(11)68(101)102/h16-19,31,33-39,43-51,55-56,86H,12-15,20-30,32,69H2,1-11H3,(H2,70,87)(H2,71,88)(H,72,74)(H,73,91)(H,75,92)(H,76,95)(H,77,96)(H,78,93)(H,79,94)(H,80,97)(H,81,90)(H,82,89)(H,83,98)(H,101,102)/t39-,43-,44-,45-,46-,47-,48-,49-,50-,51-,55-,56-/m0/s1. The van der Waals surface area contributed by atoms with Crippen LogP contribution in [0.1, 0.15) is 158 Å². The number of carbonyl (C=O) groups excluding carboxylic acids is 14. The van der Waals surface area contributed by atoms with Gasteiger partial charge < -0.3 is 95.4 Å². The van der Waals surface area contributed by atoms with Crippen LogP contribution in [0.3, 0.4) is 0 Å². The summed E-state index contributed by atoms with van der Waals surface area (Å²) < 4.78 is 0. The second-order valence-corrected chi connectivity index (χ2v) is 28.2. The van der Waals surface area contributed by atoms with Crippen molar-refractivity contribution in [3.05, 3.63) is 48.0 Å². The number of phenolic OH excluding ortho intramolecular Hbond substituents is 1. The van der Waals surface area contributed by atoms with Crippen molar-refractivity contribution >= 4 is 88.7 Å². The molecule has 19 N–H and O–H groups in total. The van der Waals surface area contributed by atoms with Crippen LogP contribution in [0.2, 0.25) is 0 Å². The van der Waals surface area contributed by atoms with Crippen LogP contribution in [0.25, 0.3) is 0 Å². The Morgan fingerprint density at radius 2 is 0.980 bits per heavy atom. The highest BCUT2D eigenvalue weighted by Gasteiger charge is 2.43. The van der Waals surface area contributed by atoms with E-state index in [0.29, 0.717) is 30.5 Å². The minimum atomic E-state index is -1.58.